The van der Waals surface area contributed by atoms with Gasteiger partial charge in [-0.15, -0.1) is 0 Å². The standard InChI is InChI=1S/C28H38Si2/c1-29(2,3)23-11-7-21(8-12-23)25-15-27(16-25,17-25)28-18-26(19-28,20-28)22-9-13-24(14-10-22)30(4,5)6/h7-14H,15-20H2,1-6H3. The highest BCUT2D eigenvalue weighted by molar-refractivity contribution is 6.89. The molecule has 4 bridgehead atoms. The predicted molar refractivity (Wildman–Crippen MR) is 135 cm³/mol. The third-order valence-corrected chi connectivity index (χ3v) is 14.0. The summed E-state index contributed by atoms with van der Waals surface area (Å²) in [4.78, 5) is 0. The van der Waals surface area contributed by atoms with E-state index in [4.69, 9.17) is 0 Å². The first-order valence-corrected chi connectivity index (χ1v) is 19.1. The molecule has 0 N–H and O–H groups in total. The zero-order chi connectivity index (χ0) is 21.2. The number of benzene rings is 2. The number of hydrogen-bond donors (Lipinski definition) is 0. The molecule has 8 rings (SSSR count). The van der Waals surface area contributed by atoms with Crippen LogP contribution < -0.4 is 10.4 Å². The summed E-state index contributed by atoms with van der Waals surface area (Å²) in [5.41, 5.74) is 5.83. The molecule has 158 valence electrons. The van der Waals surface area contributed by atoms with Crippen LogP contribution in [0.4, 0.5) is 0 Å². The van der Waals surface area contributed by atoms with Crippen molar-refractivity contribution in [1.82, 2.24) is 0 Å². The molecule has 0 unspecified atom stereocenters. The minimum absolute atomic E-state index is 0.555. The van der Waals surface area contributed by atoms with Gasteiger partial charge in [-0.3, -0.25) is 0 Å². The molecule has 0 aliphatic heterocycles. The second-order valence-corrected chi connectivity index (χ2v) is 24.0. The maximum atomic E-state index is 2.49. The van der Waals surface area contributed by atoms with Gasteiger partial charge in [0, 0.05) is 0 Å². The van der Waals surface area contributed by atoms with Crippen LogP contribution in [0.2, 0.25) is 39.3 Å². The molecule has 6 fully saturated rings. The van der Waals surface area contributed by atoms with Crippen LogP contribution in [0.25, 0.3) is 0 Å². The first-order valence-electron chi connectivity index (χ1n) is 12.1. The molecule has 2 aromatic rings. The fraction of sp³-hybridized carbons (Fsp3) is 0.571. The van der Waals surface area contributed by atoms with Crippen LogP contribution in [0.1, 0.15) is 49.7 Å². The third kappa shape index (κ3) is 2.33. The lowest BCUT2D eigenvalue weighted by Crippen LogP contribution is -2.81. The Balaban J connectivity index is 1.12. The van der Waals surface area contributed by atoms with Crippen molar-refractivity contribution < 1.29 is 0 Å². The predicted octanol–water partition coefficient (Wildman–Crippen LogP) is 6.32. The Kier molecular flexibility index (Phi) is 3.54. The van der Waals surface area contributed by atoms with Crippen LogP contribution in [-0.2, 0) is 10.8 Å². The van der Waals surface area contributed by atoms with Crippen molar-refractivity contribution in [2.24, 2.45) is 10.8 Å². The molecule has 6 aliphatic carbocycles. The largest absolute Gasteiger partial charge is 0.0775 e. The van der Waals surface area contributed by atoms with Crippen LogP contribution >= 0.6 is 0 Å². The molecule has 6 saturated carbocycles. The Hall–Kier alpha value is -1.13. The van der Waals surface area contributed by atoms with E-state index in [0.717, 1.165) is 0 Å². The van der Waals surface area contributed by atoms with Gasteiger partial charge in [-0.25, -0.2) is 0 Å². The van der Waals surface area contributed by atoms with Gasteiger partial charge in [0.1, 0.15) is 0 Å². The van der Waals surface area contributed by atoms with Crippen LogP contribution in [0.3, 0.4) is 0 Å². The zero-order valence-corrected chi connectivity index (χ0v) is 21.9. The first-order chi connectivity index (χ1) is 13.9. The van der Waals surface area contributed by atoms with E-state index in [-0.39, 0.29) is 0 Å². The van der Waals surface area contributed by atoms with Gasteiger partial charge in [0.25, 0.3) is 0 Å². The SMILES string of the molecule is C[Si](C)(C)c1ccc(C23CC(C45CC(c6ccc([Si](C)(C)C)cc6)(C4)C5)(C2)C3)cc1. The Morgan fingerprint density at radius 1 is 0.467 bits per heavy atom. The molecule has 0 atom stereocenters. The topological polar surface area (TPSA) is 0 Å². The molecule has 2 heteroatoms. The molecule has 0 spiro atoms. The van der Waals surface area contributed by atoms with E-state index < -0.39 is 16.1 Å². The average Bonchev–Trinajstić information content (AvgIpc) is 2.52. The summed E-state index contributed by atoms with van der Waals surface area (Å²) in [6.07, 6.45) is 8.90. The highest BCUT2D eigenvalue weighted by atomic mass is 28.3. The lowest BCUT2D eigenvalue weighted by atomic mass is 9.16. The van der Waals surface area contributed by atoms with Crippen LogP contribution in [0, 0.1) is 10.8 Å². The van der Waals surface area contributed by atoms with Crippen molar-refractivity contribution in [2.45, 2.75) is 88.6 Å². The maximum Gasteiger partial charge on any atom is 0.0775 e. The minimum Gasteiger partial charge on any atom is -0.0656 e. The number of hydrogen-bond acceptors (Lipinski definition) is 0. The van der Waals surface area contributed by atoms with E-state index in [2.05, 4.69) is 87.8 Å². The van der Waals surface area contributed by atoms with E-state index in [1.165, 1.54) is 38.5 Å². The fourth-order valence-electron chi connectivity index (χ4n) is 7.96. The van der Waals surface area contributed by atoms with Crippen LogP contribution in [-0.4, -0.2) is 16.1 Å². The van der Waals surface area contributed by atoms with Gasteiger partial charge in [0.2, 0.25) is 0 Å². The first kappa shape index (κ1) is 19.6. The molecule has 0 amide bonds. The molecule has 0 aromatic heterocycles. The van der Waals surface area contributed by atoms with Crippen LogP contribution in [0.15, 0.2) is 48.5 Å². The molecule has 0 radical (unpaired) electrons. The summed E-state index contributed by atoms with van der Waals surface area (Å²) in [5.74, 6) is 0. The Bertz CT molecular complexity index is 889. The van der Waals surface area contributed by atoms with Gasteiger partial charge >= 0.3 is 0 Å². The molecular weight excluding hydrogens is 392 g/mol. The second kappa shape index (κ2) is 5.43. The van der Waals surface area contributed by atoms with Crippen molar-refractivity contribution in [1.29, 1.82) is 0 Å². The van der Waals surface area contributed by atoms with Gasteiger partial charge < -0.3 is 0 Å². The lowest BCUT2D eigenvalue weighted by molar-refractivity contribution is -0.334. The average molecular weight is 431 g/mol. The van der Waals surface area contributed by atoms with Crippen molar-refractivity contribution >= 4 is 26.5 Å². The van der Waals surface area contributed by atoms with Crippen molar-refractivity contribution in [3.63, 3.8) is 0 Å². The van der Waals surface area contributed by atoms with Gasteiger partial charge in [0.05, 0.1) is 16.1 Å². The summed E-state index contributed by atoms with van der Waals surface area (Å²) in [6, 6.07) is 19.8. The second-order valence-electron chi connectivity index (χ2n) is 13.8. The van der Waals surface area contributed by atoms with Gasteiger partial charge in [0.15, 0.2) is 0 Å². The van der Waals surface area contributed by atoms with E-state index in [1.807, 2.05) is 0 Å². The van der Waals surface area contributed by atoms with E-state index in [1.54, 1.807) is 21.5 Å². The molecule has 0 nitrogen and oxygen atoms in total. The van der Waals surface area contributed by atoms with Crippen LogP contribution in [0.5, 0.6) is 0 Å². The van der Waals surface area contributed by atoms with E-state index in [0.29, 0.717) is 21.7 Å². The smallest absolute Gasteiger partial charge is 0.0656 e. The molecule has 0 heterocycles. The Labute approximate surface area is 185 Å². The Morgan fingerprint density at radius 2 is 0.733 bits per heavy atom. The Morgan fingerprint density at radius 3 is 0.967 bits per heavy atom. The normalized spacial score (nSPS) is 38.7. The van der Waals surface area contributed by atoms with E-state index in [9.17, 15) is 0 Å². The summed E-state index contributed by atoms with van der Waals surface area (Å²) in [6.45, 7) is 14.7. The zero-order valence-electron chi connectivity index (χ0n) is 19.9. The van der Waals surface area contributed by atoms with E-state index >= 15 is 0 Å². The monoisotopic (exact) mass is 430 g/mol. The van der Waals surface area contributed by atoms with Crippen molar-refractivity contribution in [3.05, 3.63) is 59.7 Å². The summed E-state index contributed by atoms with van der Waals surface area (Å²) in [7, 11) is -2.36. The highest BCUT2D eigenvalue weighted by Gasteiger charge is 2.84. The quantitative estimate of drug-likeness (QED) is 0.487. The van der Waals surface area contributed by atoms with Crippen molar-refractivity contribution in [3.8, 4) is 0 Å². The third-order valence-electron chi connectivity index (χ3n) is 9.91. The summed E-state index contributed by atoms with van der Waals surface area (Å²) >= 11 is 0. The highest BCUT2D eigenvalue weighted by Crippen LogP contribution is 2.91. The van der Waals surface area contributed by atoms with Crippen molar-refractivity contribution in [2.75, 3.05) is 0 Å². The van der Waals surface area contributed by atoms with Gasteiger partial charge in [-0.1, -0.05) is 98.2 Å². The maximum absolute atomic E-state index is 2.49. The number of rotatable bonds is 5. The molecule has 6 aliphatic rings. The molecular formula is C28H38Si2. The molecule has 30 heavy (non-hydrogen) atoms. The minimum atomic E-state index is -1.18. The molecule has 2 aromatic carbocycles. The molecule has 0 saturated heterocycles. The van der Waals surface area contributed by atoms with Gasteiger partial charge in [-0.2, -0.15) is 0 Å². The summed E-state index contributed by atoms with van der Waals surface area (Å²) in [5, 5.41) is 3.21. The fourth-order valence-corrected chi connectivity index (χ4v) is 10.3. The lowest BCUT2D eigenvalue weighted by Gasteiger charge is -2.88. The summed E-state index contributed by atoms with van der Waals surface area (Å²) < 4.78 is 0. The van der Waals surface area contributed by atoms with Gasteiger partial charge in [-0.05, 0) is 71.3 Å².